The van der Waals surface area contributed by atoms with Crippen molar-refractivity contribution in [3.8, 4) is 0 Å². The van der Waals surface area contributed by atoms with Crippen LogP contribution in [-0.4, -0.2) is 70.4 Å². The Kier molecular flexibility index (Phi) is 10.5. The molecule has 1 unspecified atom stereocenters. The SMILES string of the molecule is CCC(C)N1CCCC[C@@H]1C(=O)N[C@H](C(=O)N(C)[C@H](/C=C(\C)C(=O)O)CC)C(C)C. The predicted octanol–water partition coefficient (Wildman–Crippen LogP) is 3.05. The van der Waals surface area contributed by atoms with Crippen LogP contribution in [0.1, 0.15) is 73.6 Å². The Balaban J connectivity index is 2.99. The second-order valence-electron chi connectivity index (χ2n) is 8.82. The van der Waals surface area contributed by atoms with E-state index in [0.717, 1.165) is 32.2 Å². The van der Waals surface area contributed by atoms with Gasteiger partial charge in [-0.2, -0.15) is 0 Å². The maximum absolute atomic E-state index is 13.2. The van der Waals surface area contributed by atoms with E-state index >= 15 is 0 Å². The van der Waals surface area contributed by atoms with Gasteiger partial charge in [0.2, 0.25) is 11.8 Å². The van der Waals surface area contributed by atoms with Crippen molar-refractivity contribution in [3.05, 3.63) is 11.6 Å². The van der Waals surface area contributed by atoms with Gasteiger partial charge in [-0.1, -0.05) is 40.2 Å². The molecule has 1 heterocycles. The maximum Gasteiger partial charge on any atom is 0.331 e. The van der Waals surface area contributed by atoms with Crippen LogP contribution in [0.4, 0.5) is 0 Å². The molecule has 7 nitrogen and oxygen atoms in total. The summed E-state index contributed by atoms with van der Waals surface area (Å²) >= 11 is 0. The molecule has 0 saturated carbocycles. The van der Waals surface area contributed by atoms with Gasteiger partial charge in [0.05, 0.1) is 12.1 Å². The largest absolute Gasteiger partial charge is 0.478 e. The van der Waals surface area contributed by atoms with Crippen molar-refractivity contribution < 1.29 is 19.5 Å². The molecule has 172 valence electrons. The summed E-state index contributed by atoms with van der Waals surface area (Å²) in [5.41, 5.74) is 0.207. The van der Waals surface area contributed by atoms with Crippen molar-refractivity contribution >= 4 is 17.8 Å². The first-order chi connectivity index (χ1) is 14.0. The minimum Gasteiger partial charge on any atom is -0.478 e. The van der Waals surface area contributed by atoms with Crippen LogP contribution in [0, 0.1) is 5.92 Å². The smallest absolute Gasteiger partial charge is 0.331 e. The average molecular weight is 424 g/mol. The fraction of sp³-hybridized carbons (Fsp3) is 0.783. The summed E-state index contributed by atoms with van der Waals surface area (Å²) in [5.74, 6) is -1.34. The van der Waals surface area contributed by atoms with Crippen molar-refractivity contribution in [1.29, 1.82) is 0 Å². The zero-order valence-electron chi connectivity index (χ0n) is 19.8. The molecule has 0 bridgehead atoms. The summed E-state index contributed by atoms with van der Waals surface area (Å²) in [6.45, 7) is 12.5. The lowest BCUT2D eigenvalue weighted by Crippen LogP contribution is -2.58. The van der Waals surface area contributed by atoms with Crippen LogP contribution in [0.5, 0.6) is 0 Å². The average Bonchev–Trinajstić information content (AvgIpc) is 2.73. The van der Waals surface area contributed by atoms with Crippen molar-refractivity contribution in [2.75, 3.05) is 13.6 Å². The molecular formula is C23H41N3O4. The number of nitrogens with one attached hydrogen (secondary N) is 1. The molecule has 1 saturated heterocycles. The highest BCUT2D eigenvalue weighted by Crippen LogP contribution is 2.22. The van der Waals surface area contributed by atoms with Crippen molar-refractivity contribution in [2.45, 2.75) is 97.8 Å². The van der Waals surface area contributed by atoms with Gasteiger partial charge in [0.1, 0.15) is 6.04 Å². The minimum absolute atomic E-state index is 0.0772. The number of carbonyl (C=O) groups excluding carboxylic acids is 2. The second kappa shape index (κ2) is 12.1. The number of amides is 2. The Labute approximate surface area is 181 Å². The van der Waals surface area contributed by atoms with E-state index in [0.29, 0.717) is 12.5 Å². The van der Waals surface area contributed by atoms with Crippen LogP contribution >= 0.6 is 0 Å². The number of carboxylic acids is 1. The highest BCUT2D eigenvalue weighted by atomic mass is 16.4. The highest BCUT2D eigenvalue weighted by molar-refractivity contribution is 5.90. The van der Waals surface area contributed by atoms with Gasteiger partial charge < -0.3 is 15.3 Å². The van der Waals surface area contributed by atoms with Gasteiger partial charge in [-0.3, -0.25) is 14.5 Å². The van der Waals surface area contributed by atoms with E-state index in [2.05, 4.69) is 24.1 Å². The van der Waals surface area contributed by atoms with Crippen LogP contribution in [0.15, 0.2) is 11.6 Å². The van der Waals surface area contributed by atoms with Crippen LogP contribution in [-0.2, 0) is 14.4 Å². The van der Waals surface area contributed by atoms with E-state index in [1.165, 1.54) is 6.92 Å². The third kappa shape index (κ3) is 6.83. The first kappa shape index (κ1) is 26.1. The molecule has 7 heteroatoms. The maximum atomic E-state index is 13.2. The summed E-state index contributed by atoms with van der Waals surface area (Å²) in [4.78, 5) is 41.4. The van der Waals surface area contributed by atoms with Crippen molar-refractivity contribution in [2.24, 2.45) is 5.92 Å². The number of rotatable bonds is 10. The van der Waals surface area contributed by atoms with Crippen molar-refractivity contribution in [1.82, 2.24) is 15.1 Å². The van der Waals surface area contributed by atoms with Gasteiger partial charge in [0.25, 0.3) is 0 Å². The van der Waals surface area contributed by atoms with Crippen LogP contribution in [0.25, 0.3) is 0 Å². The van der Waals surface area contributed by atoms with Gasteiger partial charge >= 0.3 is 5.97 Å². The van der Waals surface area contributed by atoms with E-state index in [9.17, 15) is 14.4 Å². The first-order valence-electron chi connectivity index (χ1n) is 11.3. The van der Waals surface area contributed by atoms with Gasteiger partial charge in [-0.15, -0.1) is 0 Å². The molecule has 0 aliphatic carbocycles. The van der Waals surface area contributed by atoms with Crippen LogP contribution in [0.3, 0.4) is 0 Å². The quantitative estimate of drug-likeness (QED) is 0.527. The molecule has 1 aliphatic heterocycles. The Morgan fingerprint density at radius 2 is 1.80 bits per heavy atom. The Morgan fingerprint density at radius 1 is 1.17 bits per heavy atom. The summed E-state index contributed by atoms with van der Waals surface area (Å²) in [6.07, 6.45) is 6.09. The number of carboxylic acid groups (broad SMARTS) is 1. The molecule has 0 aromatic carbocycles. The Morgan fingerprint density at radius 3 is 2.30 bits per heavy atom. The van der Waals surface area contributed by atoms with E-state index in [1.54, 1.807) is 18.0 Å². The zero-order chi connectivity index (χ0) is 23.0. The number of hydrogen-bond acceptors (Lipinski definition) is 4. The topological polar surface area (TPSA) is 90.0 Å². The van der Waals surface area contributed by atoms with Gasteiger partial charge in [0, 0.05) is 18.7 Å². The molecule has 1 aliphatic rings. The molecule has 2 amide bonds. The van der Waals surface area contributed by atoms with E-state index in [1.807, 2.05) is 20.8 Å². The third-order valence-corrected chi connectivity index (χ3v) is 6.28. The van der Waals surface area contributed by atoms with Gasteiger partial charge in [-0.05, 0) is 52.0 Å². The summed E-state index contributed by atoms with van der Waals surface area (Å²) in [5, 5.41) is 12.2. The number of likely N-dealkylation sites (tertiary alicyclic amines) is 1. The third-order valence-electron chi connectivity index (χ3n) is 6.28. The molecule has 0 aromatic heterocycles. The Hall–Kier alpha value is -1.89. The molecule has 1 fully saturated rings. The predicted molar refractivity (Wildman–Crippen MR) is 119 cm³/mol. The van der Waals surface area contributed by atoms with Gasteiger partial charge in [-0.25, -0.2) is 4.79 Å². The molecule has 1 rings (SSSR count). The van der Waals surface area contributed by atoms with Crippen LogP contribution in [0.2, 0.25) is 0 Å². The lowest BCUT2D eigenvalue weighted by Gasteiger charge is -2.40. The second-order valence-corrected chi connectivity index (χ2v) is 8.82. The standard InChI is InChI=1S/C23H41N3O4/c1-8-17(6)26-13-11-10-12-19(26)21(27)24-20(15(3)4)22(28)25(7)18(9-2)14-16(5)23(29)30/h14-15,17-20H,8-13H2,1-7H3,(H,24,27)(H,29,30)/b16-14+/t17?,18-,19+,20-/m0/s1. The number of nitrogens with zero attached hydrogens (tertiary/aromatic N) is 2. The number of likely N-dealkylation sites (N-methyl/N-ethyl adjacent to an activating group) is 1. The van der Waals surface area contributed by atoms with E-state index in [-0.39, 0.29) is 35.4 Å². The van der Waals surface area contributed by atoms with E-state index < -0.39 is 12.0 Å². The number of piperidine rings is 1. The molecule has 0 radical (unpaired) electrons. The number of carbonyl (C=O) groups is 3. The lowest BCUT2D eigenvalue weighted by molar-refractivity contribution is -0.140. The summed E-state index contributed by atoms with van der Waals surface area (Å²) in [7, 11) is 1.68. The molecular weight excluding hydrogens is 382 g/mol. The fourth-order valence-corrected chi connectivity index (χ4v) is 4.01. The monoisotopic (exact) mass is 423 g/mol. The molecule has 0 spiro atoms. The molecule has 2 N–H and O–H groups in total. The summed E-state index contributed by atoms with van der Waals surface area (Å²) < 4.78 is 0. The lowest BCUT2D eigenvalue weighted by atomic mass is 9.96. The Bertz CT molecular complexity index is 632. The molecule has 30 heavy (non-hydrogen) atoms. The molecule has 4 atom stereocenters. The van der Waals surface area contributed by atoms with Gasteiger partial charge in [0.15, 0.2) is 0 Å². The molecule has 0 aromatic rings. The highest BCUT2D eigenvalue weighted by Gasteiger charge is 2.35. The minimum atomic E-state index is -0.995. The van der Waals surface area contributed by atoms with E-state index in [4.69, 9.17) is 5.11 Å². The number of hydrogen-bond donors (Lipinski definition) is 2. The normalized spacial score (nSPS) is 21.1. The summed E-state index contributed by atoms with van der Waals surface area (Å²) in [6, 6.07) is -0.858. The zero-order valence-corrected chi connectivity index (χ0v) is 19.8. The number of aliphatic carboxylic acids is 1. The first-order valence-corrected chi connectivity index (χ1v) is 11.3. The van der Waals surface area contributed by atoms with Crippen molar-refractivity contribution in [3.63, 3.8) is 0 Å². The van der Waals surface area contributed by atoms with Crippen LogP contribution < -0.4 is 5.32 Å². The fourth-order valence-electron chi connectivity index (χ4n) is 4.01.